The minimum absolute atomic E-state index is 0.0319. The van der Waals surface area contributed by atoms with Gasteiger partial charge in [0.05, 0.1) is 11.7 Å². The predicted molar refractivity (Wildman–Crippen MR) is 54.6 cm³/mol. The molecule has 2 aromatic heterocycles. The van der Waals surface area contributed by atoms with Crippen molar-refractivity contribution in [1.82, 2.24) is 9.38 Å². The van der Waals surface area contributed by atoms with Crippen molar-refractivity contribution in [3.63, 3.8) is 0 Å². The molecule has 14 heavy (non-hydrogen) atoms. The molecular formula is C9H7BrN2O2. The molecule has 0 saturated heterocycles. The first-order chi connectivity index (χ1) is 6.59. The Labute approximate surface area is 88.3 Å². The largest absolute Gasteiger partial charge is 0.475 e. The molecule has 2 rings (SSSR count). The van der Waals surface area contributed by atoms with E-state index < -0.39 is 5.97 Å². The number of carbonyl (C=O) groups is 1. The minimum atomic E-state index is -1.03. The molecule has 0 aliphatic rings. The number of carboxylic acids is 1. The van der Waals surface area contributed by atoms with E-state index in [-0.39, 0.29) is 5.82 Å². The van der Waals surface area contributed by atoms with Crippen LogP contribution in [0, 0.1) is 6.92 Å². The number of nitrogens with zero attached hydrogens (tertiary/aromatic N) is 2. The van der Waals surface area contributed by atoms with E-state index in [2.05, 4.69) is 20.9 Å². The number of hydrogen-bond donors (Lipinski definition) is 1. The summed E-state index contributed by atoms with van der Waals surface area (Å²) in [5.41, 5.74) is 1.73. The van der Waals surface area contributed by atoms with Gasteiger partial charge in [0.15, 0.2) is 0 Å². The van der Waals surface area contributed by atoms with Gasteiger partial charge in [-0.3, -0.25) is 4.40 Å². The Morgan fingerprint density at radius 3 is 3.00 bits per heavy atom. The average Bonchev–Trinajstić information content (AvgIpc) is 2.47. The van der Waals surface area contributed by atoms with Crippen LogP contribution in [0.4, 0.5) is 0 Å². The number of pyridine rings is 1. The zero-order valence-corrected chi connectivity index (χ0v) is 8.95. The fraction of sp³-hybridized carbons (Fsp3) is 0.111. The van der Waals surface area contributed by atoms with Gasteiger partial charge < -0.3 is 5.11 Å². The summed E-state index contributed by atoms with van der Waals surface area (Å²) in [6.07, 6.45) is 3.28. The van der Waals surface area contributed by atoms with E-state index in [0.29, 0.717) is 0 Å². The number of aromatic nitrogens is 2. The van der Waals surface area contributed by atoms with Crippen LogP contribution in [-0.2, 0) is 0 Å². The highest BCUT2D eigenvalue weighted by molar-refractivity contribution is 9.10. The molecule has 0 saturated carbocycles. The first-order valence-corrected chi connectivity index (χ1v) is 4.75. The lowest BCUT2D eigenvalue weighted by Gasteiger charge is -2.00. The molecular weight excluding hydrogens is 248 g/mol. The van der Waals surface area contributed by atoms with Crippen molar-refractivity contribution >= 4 is 27.4 Å². The lowest BCUT2D eigenvalue weighted by molar-refractivity contribution is 0.0683. The second-order valence-electron chi connectivity index (χ2n) is 3.01. The molecule has 0 amide bonds. The Kier molecular flexibility index (Phi) is 2.03. The third kappa shape index (κ3) is 1.29. The number of aryl methyl sites for hydroxylation is 1. The third-order valence-corrected chi connectivity index (χ3v) is 2.56. The van der Waals surface area contributed by atoms with E-state index in [1.54, 1.807) is 10.6 Å². The van der Waals surface area contributed by atoms with Crippen LogP contribution in [0.5, 0.6) is 0 Å². The Balaban J connectivity index is 2.85. The molecule has 0 fully saturated rings. The number of halogens is 1. The Morgan fingerprint density at radius 1 is 1.64 bits per heavy atom. The smallest absolute Gasteiger partial charge is 0.372 e. The van der Waals surface area contributed by atoms with E-state index in [1.807, 2.05) is 13.0 Å². The molecule has 2 heterocycles. The summed E-state index contributed by atoms with van der Waals surface area (Å²) in [5, 5.41) is 8.85. The van der Waals surface area contributed by atoms with Crippen LogP contribution in [0.25, 0.3) is 5.52 Å². The molecule has 0 unspecified atom stereocenters. The third-order valence-electron chi connectivity index (χ3n) is 1.92. The van der Waals surface area contributed by atoms with Gasteiger partial charge in [0, 0.05) is 10.7 Å². The topological polar surface area (TPSA) is 54.6 Å². The normalized spacial score (nSPS) is 10.7. The van der Waals surface area contributed by atoms with Crippen molar-refractivity contribution in [2.45, 2.75) is 6.92 Å². The van der Waals surface area contributed by atoms with Gasteiger partial charge >= 0.3 is 5.97 Å². The maximum absolute atomic E-state index is 10.8. The number of fused-ring (bicyclic) bond motifs is 1. The summed E-state index contributed by atoms with van der Waals surface area (Å²) in [4.78, 5) is 14.6. The fourth-order valence-corrected chi connectivity index (χ4v) is 2.00. The van der Waals surface area contributed by atoms with Gasteiger partial charge in [0.25, 0.3) is 0 Å². The summed E-state index contributed by atoms with van der Waals surface area (Å²) in [5.74, 6) is -0.994. The van der Waals surface area contributed by atoms with Gasteiger partial charge in [-0.05, 0) is 34.5 Å². The summed E-state index contributed by atoms with van der Waals surface area (Å²) in [6, 6.07) is 1.92. The standard InChI is InChI=1S/C9H7BrN2O2/c1-5-2-6(10)7-3-11-8(9(13)14)12(7)4-5/h2-4H,1H3,(H,13,14). The van der Waals surface area contributed by atoms with Crippen LogP contribution in [0.3, 0.4) is 0 Å². The second kappa shape index (κ2) is 3.09. The van der Waals surface area contributed by atoms with Crippen LogP contribution in [0.15, 0.2) is 22.9 Å². The monoisotopic (exact) mass is 254 g/mol. The molecule has 0 aliphatic heterocycles. The maximum Gasteiger partial charge on any atom is 0.372 e. The molecule has 0 radical (unpaired) electrons. The molecule has 0 bridgehead atoms. The van der Waals surface area contributed by atoms with Crippen molar-refractivity contribution in [3.8, 4) is 0 Å². The number of aromatic carboxylic acids is 1. The highest BCUT2D eigenvalue weighted by Gasteiger charge is 2.12. The summed E-state index contributed by atoms with van der Waals surface area (Å²) in [7, 11) is 0. The van der Waals surface area contributed by atoms with Crippen LogP contribution in [-0.4, -0.2) is 20.5 Å². The first-order valence-electron chi connectivity index (χ1n) is 3.96. The first kappa shape index (κ1) is 9.21. The van der Waals surface area contributed by atoms with Crippen LogP contribution in [0.2, 0.25) is 0 Å². The molecule has 0 spiro atoms. The second-order valence-corrected chi connectivity index (χ2v) is 3.86. The predicted octanol–water partition coefficient (Wildman–Crippen LogP) is 2.10. The fourth-order valence-electron chi connectivity index (χ4n) is 1.34. The SMILES string of the molecule is Cc1cc(Br)c2cnc(C(=O)O)n2c1. The molecule has 4 nitrogen and oxygen atoms in total. The van der Waals surface area contributed by atoms with Crippen LogP contribution >= 0.6 is 15.9 Å². The quantitative estimate of drug-likeness (QED) is 0.848. The number of imidazole rings is 1. The lowest BCUT2D eigenvalue weighted by Crippen LogP contribution is -2.03. The van der Waals surface area contributed by atoms with E-state index in [4.69, 9.17) is 5.11 Å². The highest BCUT2D eigenvalue weighted by atomic mass is 79.9. The minimum Gasteiger partial charge on any atom is -0.475 e. The Morgan fingerprint density at radius 2 is 2.36 bits per heavy atom. The van der Waals surface area contributed by atoms with E-state index in [9.17, 15) is 4.79 Å². The summed E-state index contributed by atoms with van der Waals surface area (Å²) >= 11 is 3.36. The molecule has 0 aromatic carbocycles. The maximum atomic E-state index is 10.8. The Hall–Kier alpha value is -1.36. The van der Waals surface area contributed by atoms with Gasteiger partial charge in [0.1, 0.15) is 0 Å². The zero-order chi connectivity index (χ0) is 10.3. The van der Waals surface area contributed by atoms with Crippen molar-refractivity contribution in [2.24, 2.45) is 0 Å². The zero-order valence-electron chi connectivity index (χ0n) is 7.36. The molecule has 0 aliphatic carbocycles. The molecule has 5 heteroatoms. The van der Waals surface area contributed by atoms with Gasteiger partial charge in [-0.2, -0.15) is 0 Å². The summed E-state index contributed by atoms with van der Waals surface area (Å²) < 4.78 is 2.40. The van der Waals surface area contributed by atoms with E-state index in [0.717, 1.165) is 15.6 Å². The van der Waals surface area contributed by atoms with Crippen molar-refractivity contribution in [1.29, 1.82) is 0 Å². The molecule has 72 valence electrons. The molecule has 0 atom stereocenters. The van der Waals surface area contributed by atoms with E-state index in [1.165, 1.54) is 6.20 Å². The van der Waals surface area contributed by atoms with Gasteiger partial charge in [0.2, 0.25) is 5.82 Å². The van der Waals surface area contributed by atoms with Gasteiger partial charge in [-0.1, -0.05) is 0 Å². The number of rotatable bonds is 1. The van der Waals surface area contributed by atoms with Crippen LogP contribution < -0.4 is 0 Å². The summed E-state index contributed by atoms with van der Waals surface area (Å²) in [6.45, 7) is 1.90. The average molecular weight is 255 g/mol. The van der Waals surface area contributed by atoms with Gasteiger partial charge in [-0.25, -0.2) is 9.78 Å². The van der Waals surface area contributed by atoms with Crippen LogP contribution in [0.1, 0.15) is 16.2 Å². The Bertz CT molecular complexity index is 519. The number of carboxylic acid groups (broad SMARTS) is 1. The van der Waals surface area contributed by atoms with Crippen molar-refractivity contribution in [2.75, 3.05) is 0 Å². The van der Waals surface area contributed by atoms with Crippen molar-refractivity contribution < 1.29 is 9.90 Å². The van der Waals surface area contributed by atoms with Crippen molar-refractivity contribution in [3.05, 3.63) is 34.3 Å². The molecule has 2 aromatic rings. The lowest BCUT2D eigenvalue weighted by atomic mass is 10.3. The van der Waals surface area contributed by atoms with E-state index >= 15 is 0 Å². The number of hydrogen-bond acceptors (Lipinski definition) is 2. The highest BCUT2D eigenvalue weighted by Crippen LogP contribution is 2.20. The molecule has 1 N–H and O–H groups in total. The van der Waals surface area contributed by atoms with Gasteiger partial charge in [-0.15, -0.1) is 0 Å².